The SMILES string of the molecule is Cc1ccc(F)cc1NC(=O)[C@@H]1CC(=O)N([C@H]2CCC[C@H](C)[C@@H]2C)C1. The van der Waals surface area contributed by atoms with Crippen molar-refractivity contribution in [2.45, 2.75) is 52.5 Å². The zero-order valence-electron chi connectivity index (χ0n) is 15.2. The van der Waals surface area contributed by atoms with Crippen LogP contribution in [0.25, 0.3) is 0 Å². The second-order valence-electron chi connectivity index (χ2n) is 7.73. The van der Waals surface area contributed by atoms with Gasteiger partial charge in [0.05, 0.1) is 5.92 Å². The lowest BCUT2D eigenvalue weighted by Crippen LogP contribution is -2.45. The van der Waals surface area contributed by atoms with E-state index in [2.05, 4.69) is 19.2 Å². The van der Waals surface area contributed by atoms with Crippen LogP contribution in [0.4, 0.5) is 10.1 Å². The number of benzene rings is 1. The van der Waals surface area contributed by atoms with Gasteiger partial charge in [-0.25, -0.2) is 4.39 Å². The van der Waals surface area contributed by atoms with Gasteiger partial charge < -0.3 is 10.2 Å². The summed E-state index contributed by atoms with van der Waals surface area (Å²) in [5, 5.41) is 2.80. The van der Waals surface area contributed by atoms with Crippen molar-refractivity contribution in [3.8, 4) is 0 Å². The summed E-state index contributed by atoms with van der Waals surface area (Å²) in [4.78, 5) is 27.0. The van der Waals surface area contributed by atoms with Crippen LogP contribution in [0.3, 0.4) is 0 Å². The maximum Gasteiger partial charge on any atom is 0.229 e. The van der Waals surface area contributed by atoms with Crippen molar-refractivity contribution in [2.75, 3.05) is 11.9 Å². The smallest absolute Gasteiger partial charge is 0.229 e. The summed E-state index contributed by atoms with van der Waals surface area (Å²) in [6, 6.07) is 4.58. The van der Waals surface area contributed by atoms with Gasteiger partial charge in [0.15, 0.2) is 0 Å². The van der Waals surface area contributed by atoms with Gasteiger partial charge in [-0.3, -0.25) is 9.59 Å². The summed E-state index contributed by atoms with van der Waals surface area (Å²) in [5.74, 6) is 0.206. The van der Waals surface area contributed by atoms with E-state index in [0.717, 1.165) is 18.4 Å². The molecule has 2 amide bonds. The second kappa shape index (κ2) is 7.14. The number of rotatable bonds is 3. The van der Waals surface area contributed by atoms with Crippen LogP contribution in [0.2, 0.25) is 0 Å². The Kier molecular flexibility index (Phi) is 5.11. The number of hydrogen-bond acceptors (Lipinski definition) is 2. The normalized spacial score (nSPS) is 29.8. The molecule has 1 aliphatic heterocycles. The van der Waals surface area contributed by atoms with E-state index in [1.165, 1.54) is 18.6 Å². The van der Waals surface area contributed by atoms with Crippen LogP contribution in [-0.4, -0.2) is 29.3 Å². The van der Waals surface area contributed by atoms with E-state index in [-0.39, 0.29) is 36.0 Å². The lowest BCUT2D eigenvalue weighted by Gasteiger charge is -2.40. The van der Waals surface area contributed by atoms with Gasteiger partial charge in [-0.2, -0.15) is 0 Å². The lowest BCUT2D eigenvalue weighted by atomic mass is 9.77. The number of nitrogens with one attached hydrogen (secondary N) is 1. The van der Waals surface area contributed by atoms with Crippen molar-refractivity contribution in [3.63, 3.8) is 0 Å². The van der Waals surface area contributed by atoms with E-state index in [9.17, 15) is 14.0 Å². The average Bonchev–Trinajstić information content (AvgIpc) is 2.95. The molecule has 0 radical (unpaired) electrons. The van der Waals surface area contributed by atoms with Crippen molar-refractivity contribution in [1.82, 2.24) is 4.90 Å². The monoisotopic (exact) mass is 346 g/mol. The standard InChI is InChI=1S/C20H27FN2O2/c1-12-5-4-6-18(14(12)3)23-11-15(9-19(23)24)20(25)22-17-10-16(21)8-7-13(17)2/h7-8,10,12,14-15,18H,4-6,9,11H2,1-3H3,(H,22,25)/t12-,14-,15+,18-/m0/s1. The number of halogens is 1. The first kappa shape index (κ1) is 17.9. The van der Waals surface area contributed by atoms with Crippen LogP contribution < -0.4 is 5.32 Å². The largest absolute Gasteiger partial charge is 0.339 e. The van der Waals surface area contributed by atoms with Gasteiger partial charge in [0, 0.05) is 24.7 Å². The van der Waals surface area contributed by atoms with Gasteiger partial charge >= 0.3 is 0 Å². The van der Waals surface area contributed by atoms with Crippen LogP contribution in [0.1, 0.15) is 45.1 Å². The molecule has 1 saturated heterocycles. The Bertz CT molecular complexity index is 676. The first-order chi connectivity index (χ1) is 11.9. The molecule has 1 saturated carbocycles. The van der Waals surface area contributed by atoms with Gasteiger partial charge in [-0.05, 0) is 42.9 Å². The van der Waals surface area contributed by atoms with Crippen molar-refractivity contribution in [3.05, 3.63) is 29.6 Å². The van der Waals surface area contributed by atoms with Crippen LogP contribution in [0, 0.1) is 30.5 Å². The Balaban J connectivity index is 1.67. The number of carbonyl (C=O) groups excluding carboxylic acids is 2. The first-order valence-corrected chi connectivity index (χ1v) is 9.23. The Hall–Kier alpha value is -1.91. The summed E-state index contributed by atoms with van der Waals surface area (Å²) >= 11 is 0. The van der Waals surface area contributed by atoms with Crippen molar-refractivity contribution < 1.29 is 14.0 Å². The third kappa shape index (κ3) is 3.70. The number of amides is 2. The fourth-order valence-corrected chi connectivity index (χ4v) is 4.19. The second-order valence-corrected chi connectivity index (χ2v) is 7.73. The number of hydrogen-bond donors (Lipinski definition) is 1. The number of nitrogens with zero attached hydrogens (tertiary/aromatic N) is 1. The molecule has 2 aliphatic rings. The van der Waals surface area contributed by atoms with Crippen LogP contribution in [0.5, 0.6) is 0 Å². The molecule has 3 rings (SSSR count). The zero-order chi connectivity index (χ0) is 18.1. The molecule has 1 aromatic carbocycles. The quantitative estimate of drug-likeness (QED) is 0.906. The van der Waals surface area contributed by atoms with Gasteiger partial charge in [-0.15, -0.1) is 0 Å². The highest BCUT2D eigenvalue weighted by Gasteiger charge is 2.41. The summed E-state index contributed by atoms with van der Waals surface area (Å²) < 4.78 is 13.4. The van der Waals surface area contributed by atoms with Gasteiger partial charge in [0.1, 0.15) is 5.82 Å². The highest BCUT2D eigenvalue weighted by Crippen LogP contribution is 2.36. The number of carbonyl (C=O) groups is 2. The fourth-order valence-electron chi connectivity index (χ4n) is 4.19. The van der Waals surface area contributed by atoms with Crippen molar-refractivity contribution in [2.24, 2.45) is 17.8 Å². The molecule has 136 valence electrons. The van der Waals surface area contributed by atoms with Crippen LogP contribution in [0.15, 0.2) is 18.2 Å². The molecule has 0 spiro atoms. The van der Waals surface area contributed by atoms with E-state index >= 15 is 0 Å². The maximum absolute atomic E-state index is 13.4. The molecule has 4 atom stereocenters. The van der Waals surface area contributed by atoms with Crippen molar-refractivity contribution in [1.29, 1.82) is 0 Å². The number of anilines is 1. The number of likely N-dealkylation sites (tertiary alicyclic amines) is 1. The third-order valence-electron chi connectivity index (χ3n) is 6.05. The Morgan fingerprint density at radius 3 is 2.80 bits per heavy atom. The fraction of sp³-hybridized carbons (Fsp3) is 0.600. The molecule has 1 aliphatic carbocycles. The summed E-state index contributed by atoms with van der Waals surface area (Å²) in [5.41, 5.74) is 1.29. The Labute approximate surface area is 148 Å². The maximum atomic E-state index is 13.4. The van der Waals surface area contributed by atoms with E-state index < -0.39 is 0 Å². The summed E-state index contributed by atoms with van der Waals surface area (Å²) in [7, 11) is 0. The van der Waals surface area contributed by atoms with Gasteiger partial charge in [0.25, 0.3) is 0 Å². The topological polar surface area (TPSA) is 49.4 Å². The minimum atomic E-state index is -0.380. The highest BCUT2D eigenvalue weighted by atomic mass is 19.1. The third-order valence-corrected chi connectivity index (χ3v) is 6.05. The minimum Gasteiger partial charge on any atom is -0.339 e. The first-order valence-electron chi connectivity index (χ1n) is 9.23. The van der Waals surface area contributed by atoms with Gasteiger partial charge in [0.2, 0.25) is 11.8 Å². The zero-order valence-corrected chi connectivity index (χ0v) is 15.2. The molecule has 1 aromatic rings. The predicted octanol–water partition coefficient (Wildman–Crippen LogP) is 3.75. The molecule has 4 nitrogen and oxygen atoms in total. The molecule has 5 heteroatoms. The van der Waals surface area contributed by atoms with E-state index in [1.54, 1.807) is 6.07 Å². The summed E-state index contributed by atoms with van der Waals surface area (Å²) in [6.45, 7) is 6.76. The van der Waals surface area contributed by atoms with Crippen LogP contribution >= 0.6 is 0 Å². The predicted molar refractivity (Wildman–Crippen MR) is 95.6 cm³/mol. The molecule has 2 fully saturated rings. The highest BCUT2D eigenvalue weighted by molar-refractivity contribution is 5.97. The summed E-state index contributed by atoms with van der Waals surface area (Å²) in [6.07, 6.45) is 3.62. The molecule has 0 unspecified atom stereocenters. The Morgan fingerprint density at radius 2 is 2.04 bits per heavy atom. The van der Waals surface area contributed by atoms with Crippen molar-refractivity contribution >= 4 is 17.5 Å². The molecule has 0 bridgehead atoms. The number of aryl methyl sites for hydroxylation is 1. The van der Waals surface area contributed by atoms with E-state index in [4.69, 9.17) is 0 Å². The lowest BCUT2D eigenvalue weighted by molar-refractivity contribution is -0.131. The van der Waals surface area contributed by atoms with Gasteiger partial charge in [-0.1, -0.05) is 32.8 Å². The Morgan fingerprint density at radius 1 is 1.28 bits per heavy atom. The van der Waals surface area contributed by atoms with Crippen LogP contribution in [-0.2, 0) is 9.59 Å². The molecular weight excluding hydrogens is 319 g/mol. The molecule has 0 aromatic heterocycles. The molecular formula is C20H27FN2O2. The van der Waals surface area contributed by atoms with E-state index in [0.29, 0.717) is 24.1 Å². The average molecular weight is 346 g/mol. The molecule has 1 N–H and O–H groups in total. The van der Waals surface area contributed by atoms with E-state index in [1.807, 2.05) is 11.8 Å². The molecule has 1 heterocycles. The molecule has 25 heavy (non-hydrogen) atoms. The minimum absolute atomic E-state index is 0.0714.